The van der Waals surface area contributed by atoms with Gasteiger partial charge in [0.2, 0.25) is 0 Å². The molecular weight excluding hydrogens is 312 g/mol. The van der Waals surface area contributed by atoms with Gasteiger partial charge >= 0.3 is 0 Å². The van der Waals surface area contributed by atoms with Crippen LogP contribution in [0.3, 0.4) is 0 Å². The lowest BCUT2D eigenvalue weighted by Crippen LogP contribution is -2.13. The summed E-state index contributed by atoms with van der Waals surface area (Å²) in [6.45, 7) is 2.44. The van der Waals surface area contributed by atoms with Crippen molar-refractivity contribution in [3.63, 3.8) is 0 Å². The number of anilines is 1. The summed E-state index contributed by atoms with van der Waals surface area (Å²) in [6, 6.07) is 12.9. The zero-order chi connectivity index (χ0) is 16.2. The lowest BCUT2D eigenvalue weighted by Gasteiger charge is -2.10. The summed E-state index contributed by atoms with van der Waals surface area (Å²) in [5, 5.41) is 7.59. The third kappa shape index (κ3) is 3.57. The summed E-state index contributed by atoms with van der Waals surface area (Å²) in [7, 11) is 0. The van der Waals surface area contributed by atoms with Crippen LogP contribution in [0.2, 0.25) is 5.02 Å². The van der Waals surface area contributed by atoms with Gasteiger partial charge in [0.15, 0.2) is 0 Å². The Kier molecular flexibility index (Phi) is 4.39. The van der Waals surface area contributed by atoms with Crippen LogP contribution in [0.15, 0.2) is 55.1 Å². The largest absolute Gasteiger partial charge is 0.322 e. The minimum Gasteiger partial charge on any atom is -0.322 e. The fraction of sp³-hybridized carbons (Fsp3) is 0.118. The average Bonchev–Trinajstić information content (AvgIpc) is 3.05. The number of nitrogens with zero attached hydrogens (tertiary/aromatic N) is 3. The first-order valence-electron chi connectivity index (χ1n) is 7.11. The molecule has 2 aromatic carbocycles. The van der Waals surface area contributed by atoms with Crippen molar-refractivity contribution < 1.29 is 4.79 Å². The van der Waals surface area contributed by atoms with Crippen LogP contribution in [0.1, 0.15) is 21.5 Å². The molecule has 116 valence electrons. The minimum atomic E-state index is -0.171. The molecule has 0 fully saturated rings. The standard InChI is InChI=1S/C17H15ClN4O/c1-12-15(18)6-3-7-16(12)21-17(23)14-5-2-4-13(8-14)9-22-11-19-10-20-22/h2-8,10-11H,9H2,1H3,(H,21,23). The second-order valence-electron chi connectivity index (χ2n) is 5.16. The number of benzene rings is 2. The van der Waals surface area contributed by atoms with Crippen LogP contribution in [0.5, 0.6) is 0 Å². The van der Waals surface area contributed by atoms with Gasteiger partial charge < -0.3 is 5.32 Å². The second-order valence-corrected chi connectivity index (χ2v) is 5.57. The van der Waals surface area contributed by atoms with Crippen LogP contribution >= 0.6 is 11.6 Å². The molecule has 0 saturated heterocycles. The second kappa shape index (κ2) is 6.62. The van der Waals surface area contributed by atoms with Gasteiger partial charge in [0, 0.05) is 16.3 Å². The van der Waals surface area contributed by atoms with Crippen molar-refractivity contribution in [2.45, 2.75) is 13.5 Å². The van der Waals surface area contributed by atoms with Gasteiger partial charge in [-0.1, -0.05) is 29.8 Å². The molecule has 1 aromatic heterocycles. The predicted octanol–water partition coefficient (Wildman–Crippen LogP) is 3.54. The molecular formula is C17H15ClN4O. The fourth-order valence-corrected chi connectivity index (χ4v) is 2.42. The summed E-state index contributed by atoms with van der Waals surface area (Å²) in [6.07, 6.45) is 3.13. The molecule has 0 spiro atoms. The van der Waals surface area contributed by atoms with Gasteiger partial charge in [0.25, 0.3) is 5.91 Å². The Bertz CT molecular complexity index is 830. The van der Waals surface area contributed by atoms with Crippen LogP contribution in [-0.2, 0) is 6.54 Å². The van der Waals surface area contributed by atoms with Crippen molar-refractivity contribution in [3.05, 3.63) is 76.8 Å². The predicted molar refractivity (Wildman–Crippen MR) is 89.7 cm³/mol. The molecule has 0 aliphatic rings. The van der Waals surface area contributed by atoms with Gasteiger partial charge in [0.1, 0.15) is 12.7 Å². The molecule has 1 N–H and O–H groups in total. The highest BCUT2D eigenvalue weighted by Crippen LogP contribution is 2.23. The highest BCUT2D eigenvalue weighted by Gasteiger charge is 2.10. The van der Waals surface area contributed by atoms with Crippen LogP contribution in [0, 0.1) is 6.92 Å². The van der Waals surface area contributed by atoms with Gasteiger partial charge in [0.05, 0.1) is 6.54 Å². The van der Waals surface area contributed by atoms with E-state index in [1.165, 1.54) is 6.33 Å². The molecule has 0 unspecified atom stereocenters. The number of carbonyl (C=O) groups excluding carboxylic acids is 1. The summed E-state index contributed by atoms with van der Waals surface area (Å²) in [5.74, 6) is -0.171. The van der Waals surface area contributed by atoms with E-state index in [2.05, 4.69) is 15.4 Å². The fourth-order valence-electron chi connectivity index (χ4n) is 2.25. The van der Waals surface area contributed by atoms with Crippen molar-refractivity contribution in [2.24, 2.45) is 0 Å². The first-order chi connectivity index (χ1) is 11.1. The first-order valence-corrected chi connectivity index (χ1v) is 7.49. The van der Waals surface area contributed by atoms with Gasteiger partial charge in [-0.15, -0.1) is 0 Å². The van der Waals surface area contributed by atoms with Gasteiger partial charge in [-0.25, -0.2) is 9.67 Å². The van der Waals surface area contributed by atoms with Gasteiger partial charge in [-0.05, 0) is 42.3 Å². The Morgan fingerprint density at radius 2 is 2.09 bits per heavy atom. The molecule has 5 nitrogen and oxygen atoms in total. The Balaban J connectivity index is 1.78. The third-order valence-electron chi connectivity index (χ3n) is 3.52. The first kappa shape index (κ1) is 15.2. The van der Waals surface area contributed by atoms with E-state index in [0.29, 0.717) is 22.8 Å². The van der Waals surface area contributed by atoms with Crippen molar-refractivity contribution in [3.8, 4) is 0 Å². The lowest BCUT2D eigenvalue weighted by molar-refractivity contribution is 0.102. The Morgan fingerprint density at radius 3 is 2.87 bits per heavy atom. The SMILES string of the molecule is Cc1c(Cl)cccc1NC(=O)c1cccc(Cn2cncn2)c1. The quantitative estimate of drug-likeness (QED) is 0.797. The maximum Gasteiger partial charge on any atom is 0.255 e. The van der Waals surface area contributed by atoms with E-state index in [0.717, 1.165) is 11.1 Å². The molecule has 0 aliphatic heterocycles. The van der Waals surface area contributed by atoms with E-state index >= 15 is 0 Å². The third-order valence-corrected chi connectivity index (χ3v) is 3.93. The Labute approximate surface area is 138 Å². The summed E-state index contributed by atoms with van der Waals surface area (Å²) >= 11 is 6.08. The number of halogens is 1. The maximum absolute atomic E-state index is 12.4. The van der Waals surface area contributed by atoms with Crippen LogP contribution in [0.25, 0.3) is 0 Å². The molecule has 1 heterocycles. The number of aromatic nitrogens is 3. The van der Waals surface area contributed by atoms with E-state index in [9.17, 15) is 4.79 Å². The van der Waals surface area contributed by atoms with Crippen molar-refractivity contribution >= 4 is 23.2 Å². The van der Waals surface area contributed by atoms with Crippen molar-refractivity contribution in [1.82, 2.24) is 14.8 Å². The average molecular weight is 327 g/mol. The Morgan fingerprint density at radius 1 is 1.26 bits per heavy atom. The molecule has 0 atom stereocenters. The zero-order valence-electron chi connectivity index (χ0n) is 12.5. The molecule has 3 aromatic rings. The number of amides is 1. The van der Waals surface area contributed by atoms with E-state index in [4.69, 9.17) is 11.6 Å². The highest BCUT2D eigenvalue weighted by molar-refractivity contribution is 6.31. The number of rotatable bonds is 4. The number of hydrogen-bond donors (Lipinski definition) is 1. The molecule has 0 bridgehead atoms. The highest BCUT2D eigenvalue weighted by atomic mass is 35.5. The smallest absolute Gasteiger partial charge is 0.255 e. The number of hydrogen-bond acceptors (Lipinski definition) is 3. The van der Waals surface area contributed by atoms with E-state index in [1.807, 2.05) is 37.3 Å². The van der Waals surface area contributed by atoms with Crippen molar-refractivity contribution in [2.75, 3.05) is 5.32 Å². The van der Waals surface area contributed by atoms with Gasteiger partial charge in [-0.2, -0.15) is 5.10 Å². The van der Waals surface area contributed by atoms with Gasteiger partial charge in [-0.3, -0.25) is 4.79 Å². The monoisotopic (exact) mass is 326 g/mol. The lowest BCUT2D eigenvalue weighted by atomic mass is 10.1. The normalized spacial score (nSPS) is 10.5. The van der Waals surface area contributed by atoms with Crippen molar-refractivity contribution in [1.29, 1.82) is 0 Å². The molecule has 1 amide bonds. The molecule has 0 radical (unpaired) electrons. The molecule has 0 saturated carbocycles. The van der Waals surface area contributed by atoms with E-state index < -0.39 is 0 Å². The number of carbonyl (C=O) groups is 1. The molecule has 23 heavy (non-hydrogen) atoms. The molecule has 6 heteroatoms. The topological polar surface area (TPSA) is 59.8 Å². The molecule has 0 aliphatic carbocycles. The zero-order valence-corrected chi connectivity index (χ0v) is 13.3. The summed E-state index contributed by atoms with van der Waals surface area (Å²) in [5.41, 5.74) is 3.12. The van der Waals surface area contributed by atoms with E-state index in [-0.39, 0.29) is 5.91 Å². The number of nitrogens with one attached hydrogen (secondary N) is 1. The minimum absolute atomic E-state index is 0.171. The van der Waals surface area contributed by atoms with E-state index in [1.54, 1.807) is 23.1 Å². The summed E-state index contributed by atoms with van der Waals surface area (Å²) < 4.78 is 1.71. The van der Waals surface area contributed by atoms with Crippen LogP contribution in [-0.4, -0.2) is 20.7 Å². The molecule has 3 rings (SSSR count). The summed E-state index contributed by atoms with van der Waals surface area (Å²) in [4.78, 5) is 16.4. The Hall–Kier alpha value is -2.66. The van der Waals surface area contributed by atoms with Crippen LogP contribution in [0.4, 0.5) is 5.69 Å². The maximum atomic E-state index is 12.4. The van der Waals surface area contributed by atoms with Crippen LogP contribution < -0.4 is 5.32 Å².